The molecule has 24 heavy (non-hydrogen) atoms. The van der Waals surface area contributed by atoms with E-state index in [0.717, 1.165) is 44.8 Å². The minimum atomic E-state index is -4.33. The highest BCUT2D eigenvalue weighted by atomic mass is 19.4. The Morgan fingerprint density at radius 1 is 1.33 bits per heavy atom. The maximum absolute atomic E-state index is 12.9. The summed E-state index contributed by atoms with van der Waals surface area (Å²) in [4.78, 5) is 12.0. The maximum Gasteiger partial charge on any atom is 0.416 e. The highest BCUT2D eigenvalue weighted by molar-refractivity contribution is 5.76. The van der Waals surface area contributed by atoms with Gasteiger partial charge in [0.2, 0.25) is 5.91 Å². The van der Waals surface area contributed by atoms with E-state index in [1.807, 2.05) is 0 Å². The first-order valence-electron chi connectivity index (χ1n) is 8.54. The average molecular weight is 340 g/mol. The summed E-state index contributed by atoms with van der Waals surface area (Å²) in [5.74, 6) is 0.564. The molecule has 1 aliphatic carbocycles. The van der Waals surface area contributed by atoms with E-state index in [2.05, 4.69) is 10.6 Å². The molecule has 0 radical (unpaired) electrons. The molecule has 1 aliphatic heterocycles. The highest BCUT2D eigenvalue weighted by Gasteiger charge is 2.45. The Morgan fingerprint density at radius 2 is 2.12 bits per heavy atom. The van der Waals surface area contributed by atoms with E-state index < -0.39 is 11.7 Å². The number of hydrogen-bond donors (Lipinski definition) is 2. The Labute approximate surface area is 140 Å². The second-order valence-electron chi connectivity index (χ2n) is 7.03. The number of alkyl halides is 3. The number of benzene rings is 1. The summed E-state index contributed by atoms with van der Waals surface area (Å²) < 4.78 is 38.6. The molecule has 1 saturated carbocycles. The highest BCUT2D eigenvalue weighted by Crippen LogP contribution is 2.48. The molecule has 2 fully saturated rings. The van der Waals surface area contributed by atoms with E-state index in [1.54, 1.807) is 6.07 Å². The zero-order valence-electron chi connectivity index (χ0n) is 13.6. The molecule has 1 atom stereocenters. The summed E-state index contributed by atoms with van der Waals surface area (Å²) in [7, 11) is 0. The van der Waals surface area contributed by atoms with Crippen LogP contribution in [0.2, 0.25) is 0 Å². The van der Waals surface area contributed by atoms with E-state index in [4.69, 9.17) is 0 Å². The second-order valence-corrected chi connectivity index (χ2v) is 7.03. The third-order valence-electron chi connectivity index (χ3n) is 5.22. The van der Waals surface area contributed by atoms with Gasteiger partial charge in [-0.15, -0.1) is 0 Å². The Morgan fingerprint density at radius 3 is 2.75 bits per heavy atom. The topological polar surface area (TPSA) is 41.1 Å². The van der Waals surface area contributed by atoms with Gasteiger partial charge in [-0.05, 0) is 56.3 Å². The Bertz CT molecular complexity index is 590. The largest absolute Gasteiger partial charge is 0.416 e. The van der Waals surface area contributed by atoms with Gasteiger partial charge in [0.25, 0.3) is 0 Å². The fourth-order valence-electron chi connectivity index (χ4n) is 3.40. The third kappa shape index (κ3) is 4.09. The van der Waals surface area contributed by atoms with Gasteiger partial charge in [-0.3, -0.25) is 4.79 Å². The molecule has 1 aromatic rings. The van der Waals surface area contributed by atoms with Crippen LogP contribution in [0.5, 0.6) is 0 Å². The van der Waals surface area contributed by atoms with Crippen molar-refractivity contribution in [2.45, 2.75) is 43.7 Å². The maximum atomic E-state index is 12.9. The fourth-order valence-corrected chi connectivity index (χ4v) is 3.40. The zero-order chi connectivity index (χ0) is 17.2. The van der Waals surface area contributed by atoms with Crippen LogP contribution in [0.4, 0.5) is 13.2 Å². The number of nitrogens with one attached hydrogen (secondary N) is 2. The van der Waals surface area contributed by atoms with Crippen LogP contribution in [0.15, 0.2) is 24.3 Å². The van der Waals surface area contributed by atoms with Gasteiger partial charge in [0.15, 0.2) is 0 Å². The molecule has 0 aromatic heterocycles. The molecular formula is C18H23F3N2O. The van der Waals surface area contributed by atoms with Crippen LogP contribution < -0.4 is 10.6 Å². The molecule has 2 aliphatic rings. The standard InChI is InChI=1S/C18H23F3N2O/c19-18(20,21)15-3-1-2-14(10-15)17(7-8-17)12-23-16(24)5-4-13-6-9-22-11-13/h1-3,10,13,22H,4-9,11-12H2,(H,23,24). The Balaban J connectivity index is 1.54. The van der Waals surface area contributed by atoms with Crippen LogP contribution in [0.25, 0.3) is 0 Å². The quantitative estimate of drug-likeness (QED) is 0.835. The van der Waals surface area contributed by atoms with Crippen molar-refractivity contribution in [2.75, 3.05) is 19.6 Å². The molecule has 1 heterocycles. The molecule has 3 rings (SSSR count). The Hall–Kier alpha value is -1.56. The van der Waals surface area contributed by atoms with Crippen LogP contribution in [-0.4, -0.2) is 25.5 Å². The minimum Gasteiger partial charge on any atom is -0.355 e. The van der Waals surface area contributed by atoms with Crippen LogP contribution in [0, 0.1) is 5.92 Å². The van der Waals surface area contributed by atoms with Crippen LogP contribution in [-0.2, 0) is 16.4 Å². The lowest BCUT2D eigenvalue weighted by atomic mass is 9.94. The number of carbonyl (C=O) groups is 1. The number of hydrogen-bond acceptors (Lipinski definition) is 2. The number of halogens is 3. The summed E-state index contributed by atoms with van der Waals surface area (Å²) in [6.07, 6.45) is -0.214. The predicted octanol–water partition coefficient (Wildman–Crippen LogP) is 3.24. The van der Waals surface area contributed by atoms with Crippen molar-refractivity contribution in [3.05, 3.63) is 35.4 Å². The smallest absolute Gasteiger partial charge is 0.355 e. The van der Waals surface area contributed by atoms with Gasteiger partial charge in [-0.1, -0.05) is 18.2 Å². The first kappa shape index (κ1) is 17.3. The SMILES string of the molecule is O=C(CCC1CCNC1)NCC1(c2cccc(C(F)(F)F)c2)CC1. The summed E-state index contributed by atoms with van der Waals surface area (Å²) in [6, 6.07) is 5.50. The van der Waals surface area contributed by atoms with Crippen LogP contribution in [0.1, 0.15) is 43.2 Å². The van der Waals surface area contributed by atoms with Crippen molar-refractivity contribution in [3.63, 3.8) is 0 Å². The van der Waals surface area contributed by atoms with E-state index in [1.165, 1.54) is 12.1 Å². The zero-order valence-corrected chi connectivity index (χ0v) is 13.6. The molecular weight excluding hydrogens is 317 g/mol. The van der Waals surface area contributed by atoms with Gasteiger partial charge < -0.3 is 10.6 Å². The lowest BCUT2D eigenvalue weighted by molar-refractivity contribution is -0.137. The molecule has 3 nitrogen and oxygen atoms in total. The monoisotopic (exact) mass is 340 g/mol. The lowest BCUT2D eigenvalue weighted by Crippen LogP contribution is -2.32. The van der Waals surface area contributed by atoms with E-state index >= 15 is 0 Å². The predicted molar refractivity (Wildman–Crippen MR) is 85.6 cm³/mol. The van der Waals surface area contributed by atoms with Crippen LogP contribution in [0.3, 0.4) is 0 Å². The van der Waals surface area contributed by atoms with Gasteiger partial charge in [-0.2, -0.15) is 13.2 Å². The average Bonchev–Trinajstić information content (AvgIpc) is 3.17. The van der Waals surface area contributed by atoms with E-state index in [9.17, 15) is 18.0 Å². The molecule has 0 spiro atoms. The molecule has 1 saturated heterocycles. The normalized spacial score (nSPS) is 22.4. The molecule has 1 amide bonds. The van der Waals surface area contributed by atoms with Gasteiger partial charge in [-0.25, -0.2) is 0 Å². The van der Waals surface area contributed by atoms with Crippen molar-refractivity contribution in [3.8, 4) is 0 Å². The fraction of sp³-hybridized carbons (Fsp3) is 0.611. The Kier molecular flexibility index (Phi) is 4.85. The molecule has 6 heteroatoms. The van der Waals surface area contributed by atoms with Crippen molar-refractivity contribution < 1.29 is 18.0 Å². The molecule has 1 unspecified atom stereocenters. The van der Waals surface area contributed by atoms with E-state index in [0.29, 0.717) is 24.4 Å². The first-order chi connectivity index (χ1) is 11.4. The van der Waals surface area contributed by atoms with Crippen molar-refractivity contribution >= 4 is 5.91 Å². The van der Waals surface area contributed by atoms with Crippen molar-refractivity contribution in [2.24, 2.45) is 5.92 Å². The summed E-state index contributed by atoms with van der Waals surface area (Å²) >= 11 is 0. The van der Waals surface area contributed by atoms with Gasteiger partial charge in [0.05, 0.1) is 5.56 Å². The van der Waals surface area contributed by atoms with Gasteiger partial charge >= 0.3 is 6.18 Å². The van der Waals surface area contributed by atoms with Gasteiger partial charge in [0, 0.05) is 18.4 Å². The van der Waals surface area contributed by atoms with Crippen molar-refractivity contribution in [1.29, 1.82) is 0 Å². The summed E-state index contributed by atoms with van der Waals surface area (Å²) in [5, 5.41) is 6.20. The number of rotatable bonds is 6. The van der Waals surface area contributed by atoms with E-state index in [-0.39, 0.29) is 11.3 Å². The molecule has 132 valence electrons. The summed E-state index contributed by atoms with van der Waals surface area (Å²) in [5.41, 5.74) is -0.254. The third-order valence-corrected chi connectivity index (χ3v) is 5.22. The molecule has 0 bridgehead atoms. The molecule has 1 aromatic carbocycles. The summed E-state index contributed by atoms with van der Waals surface area (Å²) in [6.45, 7) is 2.42. The number of carbonyl (C=O) groups excluding carboxylic acids is 1. The minimum absolute atomic E-state index is 0.000140. The van der Waals surface area contributed by atoms with Crippen LogP contribution >= 0.6 is 0 Å². The molecule has 2 N–H and O–H groups in total. The second kappa shape index (κ2) is 6.75. The van der Waals surface area contributed by atoms with Crippen molar-refractivity contribution in [1.82, 2.24) is 10.6 Å². The first-order valence-corrected chi connectivity index (χ1v) is 8.54. The lowest BCUT2D eigenvalue weighted by Gasteiger charge is -2.18. The van der Waals surface area contributed by atoms with Gasteiger partial charge in [0.1, 0.15) is 0 Å². The number of amides is 1.